The van der Waals surface area contributed by atoms with Crippen molar-refractivity contribution in [3.8, 4) is 11.5 Å². The number of fused-ring (bicyclic) bond motifs is 3. The first-order chi connectivity index (χ1) is 23.3. The Balaban J connectivity index is 0.932. The summed E-state index contributed by atoms with van der Waals surface area (Å²) in [5, 5.41) is 44.3. The lowest BCUT2D eigenvalue weighted by Gasteiger charge is -2.52. The van der Waals surface area contributed by atoms with Gasteiger partial charge < -0.3 is 39.7 Å². The van der Waals surface area contributed by atoms with E-state index in [0.29, 0.717) is 42.7 Å². The molecule has 48 heavy (non-hydrogen) atoms. The summed E-state index contributed by atoms with van der Waals surface area (Å²) < 4.78 is 13.8. The number of nitrogens with zero attached hydrogens (tertiary/aromatic N) is 1. The first kappa shape index (κ1) is 34.9. The Kier molecular flexibility index (Phi) is 11.7. The van der Waals surface area contributed by atoms with Crippen molar-refractivity contribution in [1.29, 1.82) is 0 Å². The molecule has 5 N–H and O–H groups in total. The molecule has 0 aromatic heterocycles. The van der Waals surface area contributed by atoms with Gasteiger partial charge in [0.05, 0.1) is 32.4 Å². The molecule has 4 fully saturated rings. The number of hydrogen-bond donors (Lipinski definition) is 5. The highest BCUT2D eigenvalue weighted by molar-refractivity contribution is 5.37. The molecular weight excluding hydrogens is 604 g/mol. The van der Waals surface area contributed by atoms with Crippen molar-refractivity contribution in [2.45, 2.75) is 88.7 Å². The summed E-state index contributed by atoms with van der Waals surface area (Å²) in [6, 6.07) is 21.7. The van der Waals surface area contributed by atoms with Crippen LogP contribution in [-0.2, 0) is 17.8 Å². The average molecular weight is 660 g/mol. The smallest absolute Gasteiger partial charge is 0.137 e. The van der Waals surface area contributed by atoms with Crippen molar-refractivity contribution in [2.75, 3.05) is 45.9 Å². The number of benzene rings is 3. The van der Waals surface area contributed by atoms with Crippen LogP contribution < -0.4 is 10.1 Å². The third kappa shape index (κ3) is 8.59. The average Bonchev–Trinajstić information content (AvgIpc) is 3.66. The van der Waals surface area contributed by atoms with Gasteiger partial charge in [0, 0.05) is 36.9 Å². The van der Waals surface area contributed by atoms with Crippen molar-refractivity contribution in [1.82, 2.24) is 5.32 Å². The maximum atomic E-state index is 11.2. The second kappa shape index (κ2) is 16.2. The maximum Gasteiger partial charge on any atom is 0.137 e. The molecule has 2 bridgehead atoms. The van der Waals surface area contributed by atoms with Crippen molar-refractivity contribution in [3.05, 3.63) is 94.5 Å². The zero-order valence-electron chi connectivity index (χ0n) is 28.5. The second-order valence-electron chi connectivity index (χ2n) is 14.6. The van der Waals surface area contributed by atoms with E-state index in [1.54, 1.807) is 12.1 Å². The summed E-state index contributed by atoms with van der Waals surface area (Å²) in [5.74, 6) is 2.07. The van der Waals surface area contributed by atoms with E-state index in [2.05, 4.69) is 42.6 Å². The van der Waals surface area contributed by atoms with Crippen molar-refractivity contribution < 1.29 is 34.4 Å². The van der Waals surface area contributed by atoms with E-state index >= 15 is 0 Å². The van der Waals surface area contributed by atoms with E-state index < -0.39 is 12.2 Å². The first-order valence-corrected chi connectivity index (χ1v) is 18.1. The van der Waals surface area contributed by atoms with E-state index in [1.165, 1.54) is 68.8 Å². The molecule has 260 valence electrons. The van der Waals surface area contributed by atoms with Gasteiger partial charge in [-0.15, -0.1) is 0 Å². The first-order valence-electron chi connectivity index (χ1n) is 18.1. The fourth-order valence-corrected chi connectivity index (χ4v) is 8.33. The van der Waals surface area contributed by atoms with Crippen LogP contribution >= 0.6 is 0 Å². The highest BCUT2D eigenvalue weighted by Gasteiger charge is 2.46. The highest BCUT2D eigenvalue weighted by atomic mass is 16.5. The number of phenols is 1. The Morgan fingerprint density at radius 1 is 0.917 bits per heavy atom. The van der Waals surface area contributed by atoms with Gasteiger partial charge in [-0.25, -0.2) is 0 Å². The van der Waals surface area contributed by atoms with Crippen LogP contribution in [0.25, 0.3) is 0 Å². The molecule has 1 aliphatic carbocycles. The number of quaternary nitrogens is 1. The zero-order valence-corrected chi connectivity index (χ0v) is 28.5. The van der Waals surface area contributed by atoms with E-state index in [-0.39, 0.29) is 24.5 Å². The van der Waals surface area contributed by atoms with Crippen LogP contribution in [0.3, 0.4) is 0 Å². The molecule has 7 rings (SSSR count). The molecule has 3 aliphatic heterocycles. The zero-order chi connectivity index (χ0) is 33.5. The monoisotopic (exact) mass is 659 g/mol. The van der Waals surface area contributed by atoms with Gasteiger partial charge in [0.25, 0.3) is 0 Å². The van der Waals surface area contributed by atoms with Crippen LogP contribution in [-0.4, -0.2) is 83.0 Å². The number of aromatic hydroxyl groups is 1. The maximum absolute atomic E-state index is 11.2. The van der Waals surface area contributed by atoms with Gasteiger partial charge in [-0.3, -0.25) is 0 Å². The quantitative estimate of drug-likeness (QED) is 0.129. The topological polar surface area (TPSA) is 111 Å². The Morgan fingerprint density at radius 3 is 2.42 bits per heavy atom. The number of aliphatic hydroxyl groups excluding tert-OH is 3. The van der Waals surface area contributed by atoms with Gasteiger partial charge in [-0.2, -0.15) is 0 Å². The Labute approximate surface area is 285 Å². The third-order valence-corrected chi connectivity index (χ3v) is 11.3. The Hall–Kier alpha value is -2.98. The summed E-state index contributed by atoms with van der Waals surface area (Å²) in [5.41, 5.74) is 4.64. The fraction of sp³-hybridized carbons (Fsp3) is 0.550. The summed E-state index contributed by atoms with van der Waals surface area (Å²) in [6.07, 6.45) is 7.07. The molecule has 3 saturated heterocycles. The standard InChI is InChI=1S/C40H54N2O6/c1-28(41-24-38(45)32-12-15-37(44)33(23-32)26-43)22-29-10-13-34(14-11-29)47-21-20-42-18-16-31(17-19-42)40(25-42)48-27-39(46)36-9-5-4-8-35(36)30-6-2-3-7-30/h4-5,8-15,23,28,30-31,38-41,43,45-46H,2-3,6-7,16-22,24-27H2,1H3/p+1/t28-,31?,38+,39+,40+,42?/m1/s1. The van der Waals surface area contributed by atoms with Gasteiger partial charge in [0.2, 0.25) is 0 Å². The van der Waals surface area contributed by atoms with Crippen LogP contribution in [0.5, 0.6) is 11.5 Å². The molecule has 0 unspecified atom stereocenters. The molecule has 3 heterocycles. The van der Waals surface area contributed by atoms with Crippen molar-refractivity contribution in [2.24, 2.45) is 5.92 Å². The largest absolute Gasteiger partial charge is 0.508 e. The lowest BCUT2D eigenvalue weighted by Crippen LogP contribution is -2.65. The lowest BCUT2D eigenvalue weighted by molar-refractivity contribution is -0.946. The lowest BCUT2D eigenvalue weighted by atomic mass is 9.83. The van der Waals surface area contributed by atoms with Gasteiger partial charge in [0.1, 0.15) is 43.4 Å². The van der Waals surface area contributed by atoms with Crippen LogP contribution in [0.2, 0.25) is 0 Å². The number of rotatable bonds is 16. The van der Waals surface area contributed by atoms with E-state index in [4.69, 9.17) is 9.47 Å². The molecule has 0 radical (unpaired) electrons. The summed E-state index contributed by atoms with van der Waals surface area (Å²) in [6.45, 7) is 7.55. The molecule has 0 amide bonds. The summed E-state index contributed by atoms with van der Waals surface area (Å²) in [4.78, 5) is 0. The molecule has 3 aromatic rings. The minimum absolute atomic E-state index is 0.0317. The van der Waals surface area contributed by atoms with E-state index in [1.807, 2.05) is 18.2 Å². The van der Waals surface area contributed by atoms with Crippen LogP contribution in [0, 0.1) is 5.92 Å². The highest BCUT2D eigenvalue weighted by Crippen LogP contribution is 2.39. The minimum atomic E-state index is -0.733. The molecule has 1 saturated carbocycles. The van der Waals surface area contributed by atoms with Crippen molar-refractivity contribution >= 4 is 0 Å². The van der Waals surface area contributed by atoms with Gasteiger partial charge in [0.15, 0.2) is 0 Å². The van der Waals surface area contributed by atoms with Gasteiger partial charge in [-0.05, 0) is 78.6 Å². The number of nitrogens with one attached hydrogen (secondary N) is 1. The third-order valence-electron chi connectivity index (χ3n) is 11.3. The summed E-state index contributed by atoms with van der Waals surface area (Å²) >= 11 is 0. The van der Waals surface area contributed by atoms with E-state index in [0.717, 1.165) is 35.3 Å². The number of piperidine rings is 3. The van der Waals surface area contributed by atoms with Crippen LogP contribution in [0.15, 0.2) is 66.7 Å². The predicted molar refractivity (Wildman–Crippen MR) is 187 cm³/mol. The summed E-state index contributed by atoms with van der Waals surface area (Å²) in [7, 11) is 0. The molecule has 3 aromatic carbocycles. The molecule has 4 aliphatic rings. The van der Waals surface area contributed by atoms with Gasteiger partial charge in [-0.1, -0.05) is 55.3 Å². The molecule has 0 spiro atoms. The number of aliphatic hydroxyl groups is 3. The minimum Gasteiger partial charge on any atom is -0.508 e. The van der Waals surface area contributed by atoms with Crippen LogP contribution in [0.4, 0.5) is 0 Å². The number of hydrogen-bond acceptors (Lipinski definition) is 7. The van der Waals surface area contributed by atoms with Crippen LogP contribution in [0.1, 0.15) is 91.4 Å². The Morgan fingerprint density at radius 2 is 1.67 bits per heavy atom. The van der Waals surface area contributed by atoms with Crippen molar-refractivity contribution in [3.63, 3.8) is 0 Å². The predicted octanol–water partition coefficient (Wildman–Crippen LogP) is 5.53. The molecule has 4 atom stereocenters. The number of ether oxygens (including phenoxy) is 2. The van der Waals surface area contributed by atoms with E-state index in [9.17, 15) is 20.4 Å². The normalized spacial score (nSPS) is 24.4. The Bertz CT molecular complexity index is 1450. The second-order valence-corrected chi connectivity index (χ2v) is 14.6. The molecule has 8 heteroatoms. The van der Waals surface area contributed by atoms with Gasteiger partial charge >= 0.3 is 0 Å². The molecular formula is C40H55N2O6+. The fourth-order valence-electron chi connectivity index (χ4n) is 8.33. The SMILES string of the molecule is C[C@H](Cc1ccc(OCC[N+]23CCC(CC2)[C@@H](OC[C@H](O)c2ccccc2C2CCCC2)C3)cc1)NC[C@H](O)c1ccc(O)c(CO)c1. The molecule has 8 nitrogen and oxygen atoms in total.